The summed E-state index contributed by atoms with van der Waals surface area (Å²) >= 11 is 0. The van der Waals surface area contributed by atoms with E-state index in [1.54, 1.807) is 0 Å². The lowest BCUT2D eigenvalue weighted by molar-refractivity contribution is 0.213. The van der Waals surface area contributed by atoms with Crippen molar-refractivity contribution in [2.75, 3.05) is 0 Å². The smallest absolute Gasteiger partial charge is 0.161 e. The summed E-state index contributed by atoms with van der Waals surface area (Å²) < 4.78 is 52.0. The molecule has 94 valence electrons. The zero-order valence-electron chi connectivity index (χ0n) is 8.87. The normalized spacial score (nSPS) is 12.5. The van der Waals surface area contributed by atoms with Crippen molar-refractivity contribution in [1.29, 1.82) is 0 Å². The molecule has 1 aromatic heterocycles. The molecule has 0 radical (unpaired) electrons. The minimum atomic E-state index is -1.62. The van der Waals surface area contributed by atoms with Crippen LogP contribution < -0.4 is 0 Å². The predicted octanol–water partition coefficient (Wildman–Crippen LogP) is 2.72. The molecule has 0 saturated carbocycles. The summed E-state index contributed by atoms with van der Waals surface area (Å²) in [6.45, 7) is 0. The van der Waals surface area contributed by atoms with Gasteiger partial charge < -0.3 is 5.11 Å². The van der Waals surface area contributed by atoms with E-state index in [1.807, 2.05) is 0 Å². The van der Waals surface area contributed by atoms with Gasteiger partial charge in [-0.1, -0.05) is 0 Å². The Morgan fingerprint density at radius 1 is 0.889 bits per heavy atom. The van der Waals surface area contributed by atoms with Crippen LogP contribution >= 0.6 is 0 Å². The Hall–Kier alpha value is -1.95. The molecule has 2 aromatic rings. The van der Waals surface area contributed by atoms with Gasteiger partial charge in [-0.2, -0.15) is 0 Å². The molecule has 0 aliphatic carbocycles. The van der Waals surface area contributed by atoms with Crippen LogP contribution in [0, 0.1) is 23.3 Å². The molecule has 1 unspecified atom stereocenters. The Kier molecular flexibility index (Phi) is 3.29. The van der Waals surface area contributed by atoms with Crippen LogP contribution in [0.3, 0.4) is 0 Å². The van der Waals surface area contributed by atoms with Gasteiger partial charge in [0.2, 0.25) is 0 Å². The van der Waals surface area contributed by atoms with Crippen molar-refractivity contribution < 1.29 is 22.7 Å². The van der Waals surface area contributed by atoms with Gasteiger partial charge >= 0.3 is 0 Å². The van der Waals surface area contributed by atoms with Crippen molar-refractivity contribution in [3.8, 4) is 0 Å². The van der Waals surface area contributed by atoms with E-state index in [1.165, 1.54) is 0 Å². The van der Waals surface area contributed by atoms with Crippen molar-refractivity contribution >= 4 is 0 Å². The molecular formula is C12H7F4NO. The van der Waals surface area contributed by atoms with Crippen LogP contribution in [0.4, 0.5) is 17.6 Å². The zero-order valence-corrected chi connectivity index (χ0v) is 8.87. The highest BCUT2D eigenvalue weighted by molar-refractivity contribution is 5.30. The van der Waals surface area contributed by atoms with Crippen LogP contribution in [0.15, 0.2) is 30.6 Å². The number of aliphatic hydroxyl groups is 1. The summed E-state index contributed by atoms with van der Waals surface area (Å²) in [5.41, 5.74) is -0.541. The van der Waals surface area contributed by atoms with Crippen molar-refractivity contribution in [2.24, 2.45) is 0 Å². The lowest BCUT2D eigenvalue weighted by Crippen LogP contribution is -2.05. The van der Waals surface area contributed by atoms with Crippen molar-refractivity contribution in [3.05, 3.63) is 65.0 Å². The Morgan fingerprint density at radius 2 is 1.56 bits per heavy atom. The predicted molar refractivity (Wildman–Crippen MR) is 54.6 cm³/mol. The summed E-state index contributed by atoms with van der Waals surface area (Å²) in [4.78, 5) is 3.48. The van der Waals surface area contributed by atoms with Crippen molar-refractivity contribution in [1.82, 2.24) is 4.98 Å². The third kappa shape index (κ3) is 2.33. The lowest BCUT2D eigenvalue weighted by atomic mass is 10.0. The molecule has 0 aliphatic heterocycles. The van der Waals surface area contributed by atoms with Crippen molar-refractivity contribution in [2.45, 2.75) is 6.10 Å². The molecule has 18 heavy (non-hydrogen) atoms. The second-order valence-electron chi connectivity index (χ2n) is 3.63. The summed E-state index contributed by atoms with van der Waals surface area (Å²) in [5, 5.41) is 9.78. The number of benzene rings is 1. The van der Waals surface area contributed by atoms with E-state index in [2.05, 4.69) is 4.98 Å². The molecule has 0 fully saturated rings. The molecular weight excluding hydrogens is 250 g/mol. The molecule has 0 aliphatic rings. The molecule has 2 rings (SSSR count). The molecule has 1 atom stereocenters. The second-order valence-corrected chi connectivity index (χ2v) is 3.63. The average molecular weight is 257 g/mol. The molecule has 0 bridgehead atoms. The summed E-state index contributed by atoms with van der Waals surface area (Å²) in [6.07, 6.45) is 0.384. The fraction of sp³-hybridized carbons (Fsp3) is 0.0833. The van der Waals surface area contributed by atoms with Crippen LogP contribution in [-0.2, 0) is 0 Å². The van der Waals surface area contributed by atoms with Crippen LogP contribution in [-0.4, -0.2) is 10.1 Å². The van der Waals surface area contributed by atoms with Crippen molar-refractivity contribution in [3.63, 3.8) is 0 Å². The van der Waals surface area contributed by atoms with Gasteiger partial charge in [-0.25, -0.2) is 17.6 Å². The number of aromatic nitrogens is 1. The number of hydrogen-bond donors (Lipinski definition) is 1. The minimum absolute atomic E-state index is 0.0556. The number of nitrogens with zero attached hydrogens (tertiary/aromatic N) is 1. The molecule has 1 heterocycles. The standard InChI is InChI=1S/C12H7F4NO/c13-7-1-6(4-17-5-7)12(18)8-2-10(15)11(16)3-9(8)14/h1-5,12,18H. The lowest BCUT2D eigenvalue weighted by Gasteiger charge is -2.12. The Bertz CT molecular complexity index is 588. The number of aliphatic hydroxyl groups excluding tert-OH is 1. The quantitative estimate of drug-likeness (QED) is 0.662. The van der Waals surface area contributed by atoms with E-state index >= 15 is 0 Å². The highest BCUT2D eigenvalue weighted by Crippen LogP contribution is 2.26. The van der Waals surface area contributed by atoms with E-state index in [0.717, 1.165) is 18.5 Å². The third-order valence-corrected chi connectivity index (χ3v) is 2.38. The number of halogens is 4. The Morgan fingerprint density at radius 3 is 2.22 bits per heavy atom. The highest BCUT2D eigenvalue weighted by atomic mass is 19.2. The van der Waals surface area contributed by atoms with Gasteiger partial charge in [0.15, 0.2) is 11.6 Å². The largest absolute Gasteiger partial charge is 0.383 e. The average Bonchev–Trinajstić information content (AvgIpc) is 2.33. The molecule has 6 heteroatoms. The number of rotatable bonds is 2. The van der Waals surface area contributed by atoms with Gasteiger partial charge in [0.25, 0.3) is 0 Å². The maximum Gasteiger partial charge on any atom is 0.161 e. The molecule has 0 spiro atoms. The zero-order chi connectivity index (χ0) is 13.3. The summed E-state index contributed by atoms with van der Waals surface area (Å²) in [5.74, 6) is -4.50. The van der Waals surface area contributed by atoms with Gasteiger partial charge in [-0.3, -0.25) is 4.98 Å². The third-order valence-electron chi connectivity index (χ3n) is 2.38. The highest BCUT2D eigenvalue weighted by Gasteiger charge is 2.19. The van der Waals surface area contributed by atoms with Gasteiger partial charge in [-0.05, 0) is 12.1 Å². The topological polar surface area (TPSA) is 33.1 Å². The molecule has 1 N–H and O–H groups in total. The van der Waals surface area contributed by atoms with Gasteiger partial charge in [0.05, 0.1) is 6.20 Å². The van der Waals surface area contributed by atoms with E-state index < -0.39 is 34.9 Å². The van der Waals surface area contributed by atoms with Gasteiger partial charge in [0.1, 0.15) is 17.7 Å². The van der Waals surface area contributed by atoms with Gasteiger partial charge in [-0.15, -0.1) is 0 Å². The maximum atomic E-state index is 13.4. The first-order valence-electron chi connectivity index (χ1n) is 4.92. The Labute approximate surface area is 99.5 Å². The first-order chi connectivity index (χ1) is 8.49. The van der Waals surface area contributed by atoms with Crippen LogP contribution in [0.2, 0.25) is 0 Å². The SMILES string of the molecule is OC(c1cncc(F)c1)c1cc(F)c(F)cc1F. The second kappa shape index (κ2) is 4.73. The molecule has 2 nitrogen and oxygen atoms in total. The first-order valence-corrected chi connectivity index (χ1v) is 4.92. The molecule has 1 aromatic carbocycles. The van der Waals surface area contributed by atoms with E-state index in [9.17, 15) is 22.7 Å². The van der Waals surface area contributed by atoms with E-state index in [-0.39, 0.29) is 5.56 Å². The van der Waals surface area contributed by atoms with E-state index in [0.29, 0.717) is 12.1 Å². The maximum absolute atomic E-state index is 13.4. The van der Waals surface area contributed by atoms with Crippen LogP contribution in [0.5, 0.6) is 0 Å². The molecule has 0 saturated heterocycles. The summed E-state index contributed by atoms with van der Waals surface area (Å²) in [6, 6.07) is 1.78. The van der Waals surface area contributed by atoms with Crippen LogP contribution in [0.1, 0.15) is 17.2 Å². The first kappa shape index (κ1) is 12.5. The number of hydrogen-bond acceptors (Lipinski definition) is 2. The number of pyridine rings is 1. The molecule has 0 amide bonds. The monoisotopic (exact) mass is 257 g/mol. The summed E-state index contributed by atoms with van der Waals surface area (Å²) in [7, 11) is 0. The van der Waals surface area contributed by atoms with Gasteiger partial charge in [0, 0.05) is 23.4 Å². The Balaban J connectivity index is 2.46. The van der Waals surface area contributed by atoms with E-state index in [4.69, 9.17) is 0 Å². The minimum Gasteiger partial charge on any atom is -0.383 e. The fourth-order valence-corrected chi connectivity index (χ4v) is 1.50. The fourth-order valence-electron chi connectivity index (χ4n) is 1.50. The van der Waals surface area contributed by atoms with Crippen LogP contribution in [0.25, 0.3) is 0 Å².